The minimum atomic E-state index is -0.736. The molecule has 0 atom stereocenters. The van der Waals surface area contributed by atoms with Crippen molar-refractivity contribution in [2.24, 2.45) is 5.92 Å². The number of carboxylic acids is 1. The van der Waals surface area contributed by atoms with E-state index in [1.54, 1.807) is 6.07 Å². The van der Waals surface area contributed by atoms with Crippen LogP contribution in [0.15, 0.2) is 36.4 Å². The van der Waals surface area contributed by atoms with Crippen LogP contribution >= 0.6 is 11.6 Å². The Morgan fingerprint density at radius 2 is 1.91 bits per heavy atom. The molecule has 0 radical (unpaired) electrons. The number of nitrogens with zero attached hydrogens (tertiary/aromatic N) is 3. The van der Waals surface area contributed by atoms with Crippen molar-refractivity contribution < 1.29 is 19.4 Å². The number of nitrogens with one attached hydrogen (secondary N) is 1. The van der Waals surface area contributed by atoms with E-state index in [1.165, 1.54) is 0 Å². The van der Waals surface area contributed by atoms with Crippen LogP contribution in [0, 0.1) is 5.92 Å². The molecule has 1 saturated heterocycles. The molecule has 3 aromatic rings. The summed E-state index contributed by atoms with van der Waals surface area (Å²) in [7, 11) is 0. The van der Waals surface area contributed by atoms with Gasteiger partial charge in [0.1, 0.15) is 5.82 Å². The Balaban J connectivity index is 0.00000245. The molecule has 32 heavy (non-hydrogen) atoms. The summed E-state index contributed by atoms with van der Waals surface area (Å²) in [6.45, 7) is 1.99. The Morgan fingerprint density at radius 3 is 2.69 bits per heavy atom. The fourth-order valence-corrected chi connectivity index (χ4v) is 4.10. The maximum absolute atomic E-state index is 11.3. The molecule has 3 heterocycles. The van der Waals surface area contributed by atoms with Gasteiger partial charge in [-0.15, -0.1) is 0 Å². The van der Waals surface area contributed by atoms with Gasteiger partial charge < -0.3 is 24.8 Å². The number of hydrogen-bond acceptors (Lipinski definition) is 7. The van der Waals surface area contributed by atoms with Crippen molar-refractivity contribution in [3.05, 3.63) is 47.0 Å². The Morgan fingerprint density at radius 1 is 1.12 bits per heavy atom. The summed E-state index contributed by atoms with van der Waals surface area (Å²) >= 11 is 6.23. The second-order valence-electron chi connectivity index (χ2n) is 7.67. The van der Waals surface area contributed by atoms with Gasteiger partial charge >= 0.3 is 57.4 Å². The molecule has 2 aliphatic heterocycles. The quantitative estimate of drug-likeness (QED) is 0.537. The van der Waals surface area contributed by atoms with E-state index in [2.05, 4.69) is 5.32 Å². The zero-order valence-electron chi connectivity index (χ0n) is 16.7. The van der Waals surface area contributed by atoms with Crippen LogP contribution in [0.1, 0.15) is 18.4 Å². The molecule has 10 heteroatoms. The van der Waals surface area contributed by atoms with E-state index in [1.807, 2.05) is 35.2 Å². The number of halogens is 1. The van der Waals surface area contributed by atoms with Crippen LogP contribution in [0.2, 0.25) is 5.02 Å². The van der Waals surface area contributed by atoms with Gasteiger partial charge in [0.25, 0.3) is 0 Å². The van der Waals surface area contributed by atoms with Crippen molar-refractivity contribution in [2.45, 2.75) is 19.4 Å². The number of carboxylic acid groups (broad SMARTS) is 1. The number of aliphatic carboxylic acids is 1. The monoisotopic (exact) mass is 480 g/mol. The maximum atomic E-state index is 11.3. The van der Waals surface area contributed by atoms with E-state index in [0.29, 0.717) is 49.3 Å². The molecule has 0 saturated carbocycles. The van der Waals surface area contributed by atoms with Crippen molar-refractivity contribution in [3.63, 3.8) is 0 Å². The molecule has 1 aromatic heterocycles. The van der Waals surface area contributed by atoms with Crippen molar-refractivity contribution in [1.29, 1.82) is 0 Å². The molecule has 1 fully saturated rings. The Hall–Kier alpha value is -1.62. The van der Waals surface area contributed by atoms with Crippen LogP contribution in [0.3, 0.4) is 0 Å². The van der Waals surface area contributed by atoms with Crippen LogP contribution in [0.4, 0.5) is 11.8 Å². The van der Waals surface area contributed by atoms with E-state index in [9.17, 15) is 9.90 Å². The summed E-state index contributed by atoms with van der Waals surface area (Å²) in [5.41, 5.74) is 1.81. The zero-order valence-corrected chi connectivity index (χ0v) is 17.4. The van der Waals surface area contributed by atoms with E-state index in [4.69, 9.17) is 31.0 Å². The average Bonchev–Trinajstić information content (AvgIpc) is 3.25. The number of benzene rings is 2. The molecule has 2 aliphatic rings. The van der Waals surface area contributed by atoms with E-state index in [-0.39, 0.29) is 64.1 Å². The first-order valence-corrected chi connectivity index (χ1v) is 10.5. The Bertz CT molecular complexity index is 1150. The summed E-state index contributed by atoms with van der Waals surface area (Å²) < 4.78 is 10.8. The molecule has 0 bridgehead atoms. The minimum absolute atomic E-state index is 0. The third-order valence-electron chi connectivity index (χ3n) is 5.67. The summed E-state index contributed by atoms with van der Waals surface area (Å²) in [4.78, 5) is 22.8. The van der Waals surface area contributed by atoms with Gasteiger partial charge in [-0.1, -0.05) is 17.7 Å². The van der Waals surface area contributed by atoms with Crippen LogP contribution in [0.5, 0.6) is 11.5 Å². The molecular formula is C22H22ClKN4O4. The molecule has 0 unspecified atom stereocenters. The van der Waals surface area contributed by atoms with Gasteiger partial charge in [-0.3, -0.25) is 4.79 Å². The van der Waals surface area contributed by atoms with Gasteiger partial charge in [-0.05, 0) is 48.7 Å². The first-order chi connectivity index (χ1) is 15.1. The van der Waals surface area contributed by atoms with Gasteiger partial charge in [0.05, 0.1) is 11.4 Å². The van der Waals surface area contributed by atoms with Crippen molar-refractivity contribution in [3.8, 4) is 11.5 Å². The number of aromatic nitrogens is 2. The first kappa shape index (κ1) is 23.5. The number of piperidine rings is 1. The zero-order chi connectivity index (χ0) is 21.4. The topological polar surface area (TPSA) is 96.8 Å². The van der Waals surface area contributed by atoms with Crippen LogP contribution in [-0.2, 0) is 11.3 Å². The summed E-state index contributed by atoms with van der Waals surface area (Å²) in [5.74, 6) is 1.71. The summed E-state index contributed by atoms with van der Waals surface area (Å²) in [5, 5.41) is 14.1. The molecule has 5 rings (SSSR count). The van der Waals surface area contributed by atoms with Gasteiger partial charge in [0.2, 0.25) is 12.7 Å². The molecule has 2 N–H and O–H groups in total. The average molecular weight is 481 g/mol. The van der Waals surface area contributed by atoms with Crippen molar-refractivity contribution in [2.75, 3.05) is 30.1 Å². The Labute approximate surface area is 232 Å². The van der Waals surface area contributed by atoms with Gasteiger partial charge in [-0.2, -0.15) is 4.98 Å². The molecule has 0 aliphatic carbocycles. The SMILES string of the molecule is O=C(O)C1CCN(c2nc(NCc3ccc4c(c3)OCO4)c3cc(Cl)ccc3n2)CC1.[KH]. The van der Waals surface area contributed by atoms with Crippen LogP contribution in [0.25, 0.3) is 10.9 Å². The molecule has 2 aromatic carbocycles. The predicted molar refractivity (Wildman–Crippen MR) is 124 cm³/mol. The van der Waals surface area contributed by atoms with Crippen molar-refractivity contribution in [1.82, 2.24) is 9.97 Å². The summed E-state index contributed by atoms with van der Waals surface area (Å²) in [6.07, 6.45) is 1.16. The number of hydrogen-bond donors (Lipinski definition) is 2. The predicted octanol–water partition coefficient (Wildman–Crippen LogP) is 3.28. The second kappa shape index (κ2) is 10.1. The number of anilines is 2. The molecule has 0 amide bonds. The number of rotatable bonds is 5. The Kier molecular flexibility index (Phi) is 7.43. The molecular weight excluding hydrogens is 459 g/mol. The second-order valence-corrected chi connectivity index (χ2v) is 8.11. The fourth-order valence-electron chi connectivity index (χ4n) is 3.93. The number of fused-ring (bicyclic) bond motifs is 2. The van der Waals surface area contributed by atoms with Gasteiger partial charge in [0.15, 0.2) is 11.5 Å². The van der Waals surface area contributed by atoms with E-state index in [0.717, 1.165) is 28.0 Å². The number of ether oxygens (including phenoxy) is 2. The fraction of sp³-hybridized carbons (Fsp3) is 0.318. The third kappa shape index (κ3) is 4.98. The van der Waals surface area contributed by atoms with Gasteiger partial charge in [0, 0.05) is 30.0 Å². The van der Waals surface area contributed by atoms with E-state index < -0.39 is 5.97 Å². The third-order valence-corrected chi connectivity index (χ3v) is 5.91. The standard InChI is InChI=1S/C22H21ClN4O4.K.H/c23-15-2-3-17-16(10-15)20(24-11-13-1-4-18-19(9-13)31-12-30-18)26-22(25-17)27-7-5-14(6-8-27)21(28)29;;/h1-4,9-10,14H,5-8,11-12H2,(H,28,29)(H,24,25,26);;. The van der Waals surface area contributed by atoms with E-state index >= 15 is 0 Å². The number of carbonyl (C=O) groups is 1. The van der Waals surface area contributed by atoms with Crippen molar-refractivity contribution >= 4 is 91.6 Å². The molecule has 162 valence electrons. The normalized spacial score (nSPS) is 15.5. The van der Waals surface area contributed by atoms with Crippen LogP contribution < -0.4 is 19.7 Å². The summed E-state index contributed by atoms with van der Waals surface area (Å²) in [6, 6.07) is 11.3. The molecule has 8 nitrogen and oxygen atoms in total. The van der Waals surface area contributed by atoms with Gasteiger partial charge in [-0.25, -0.2) is 4.98 Å². The van der Waals surface area contributed by atoms with Crippen LogP contribution in [-0.4, -0.2) is 92.3 Å². The first-order valence-electron chi connectivity index (χ1n) is 10.1. The molecule has 0 spiro atoms.